The van der Waals surface area contributed by atoms with E-state index in [2.05, 4.69) is 15.1 Å². The molecule has 0 radical (unpaired) electrons. The number of aryl methyl sites for hydroxylation is 2. The molecule has 0 saturated carbocycles. The molecule has 2 aromatic heterocycles. The number of halogens is 1. The highest BCUT2D eigenvalue weighted by atomic mass is 35.5. The Bertz CT molecular complexity index is 1300. The second kappa shape index (κ2) is 7.81. The Balaban J connectivity index is 1.48. The smallest absolute Gasteiger partial charge is 0.253 e. The minimum absolute atomic E-state index is 0.0782. The van der Waals surface area contributed by atoms with Gasteiger partial charge in [0.05, 0.1) is 5.52 Å². The van der Waals surface area contributed by atoms with Crippen molar-refractivity contribution >= 4 is 40.0 Å². The van der Waals surface area contributed by atoms with Crippen molar-refractivity contribution in [1.82, 2.24) is 24.5 Å². The molecule has 158 valence electrons. The third kappa shape index (κ3) is 3.59. The zero-order valence-corrected chi connectivity index (χ0v) is 18.3. The van der Waals surface area contributed by atoms with E-state index in [-0.39, 0.29) is 5.91 Å². The number of rotatable bonds is 2. The number of amides is 1. The van der Waals surface area contributed by atoms with Crippen molar-refractivity contribution in [1.29, 1.82) is 0 Å². The van der Waals surface area contributed by atoms with Crippen LogP contribution in [0.2, 0.25) is 5.02 Å². The maximum Gasteiger partial charge on any atom is 0.253 e. The maximum atomic E-state index is 13.0. The van der Waals surface area contributed by atoms with Crippen molar-refractivity contribution in [2.45, 2.75) is 20.3 Å². The predicted molar refractivity (Wildman–Crippen MR) is 122 cm³/mol. The van der Waals surface area contributed by atoms with Crippen LogP contribution in [-0.4, -0.2) is 56.6 Å². The zero-order valence-electron chi connectivity index (χ0n) is 17.5. The summed E-state index contributed by atoms with van der Waals surface area (Å²) in [5, 5.41) is 10.2. The number of hydrogen-bond acceptors (Lipinski definition) is 5. The average Bonchev–Trinajstić information content (AvgIpc) is 2.99. The van der Waals surface area contributed by atoms with E-state index in [1.54, 1.807) is 0 Å². The molecule has 0 aliphatic carbocycles. The molecule has 1 aliphatic heterocycles. The summed E-state index contributed by atoms with van der Waals surface area (Å²) in [6, 6.07) is 13.4. The van der Waals surface area contributed by atoms with Gasteiger partial charge in [0.15, 0.2) is 5.65 Å². The van der Waals surface area contributed by atoms with E-state index in [1.165, 1.54) is 0 Å². The minimum Gasteiger partial charge on any atom is -0.340 e. The molecule has 7 nitrogen and oxygen atoms in total. The van der Waals surface area contributed by atoms with Crippen LogP contribution in [0.5, 0.6) is 0 Å². The normalized spacial score (nSPS) is 14.9. The lowest BCUT2D eigenvalue weighted by molar-refractivity contribution is 0.0767. The lowest BCUT2D eigenvalue weighted by atomic mass is 10.1. The SMILES string of the molecule is Cc1cccc(C(=O)N2CCCN(c3nc4cc(Cl)ccc4c4nnc(C)n34)CC2)c1. The standard InChI is InChI=1S/C23H23ClN6O/c1-15-5-3-6-17(13-15)22(31)28-9-4-10-29(12-11-28)23-25-20-14-18(24)7-8-19(20)21-27-26-16(2)30(21)23/h3,5-8,13-14H,4,9-12H2,1-2H3. The van der Waals surface area contributed by atoms with Gasteiger partial charge in [0.2, 0.25) is 5.95 Å². The second-order valence-corrected chi connectivity index (χ2v) is 8.42. The van der Waals surface area contributed by atoms with E-state index in [9.17, 15) is 4.79 Å². The van der Waals surface area contributed by atoms with E-state index in [4.69, 9.17) is 16.6 Å². The van der Waals surface area contributed by atoms with Crippen LogP contribution >= 0.6 is 11.6 Å². The molecule has 0 unspecified atom stereocenters. The van der Waals surface area contributed by atoms with Gasteiger partial charge in [-0.25, -0.2) is 9.38 Å². The second-order valence-electron chi connectivity index (χ2n) is 7.98. The van der Waals surface area contributed by atoms with Crippen LogP contribution in [0, 0.1) is 13.8 Å². The van der Waals surface area contributed by atoms with Crippen LogP contribution in [0.3, 0.4) is 0 Å². The Kier molecular flexibility index (Phi) is 4.98. The Morgan fingerprint density at radius 3 is 2.71 bits per heavy atom. The van der Waals surface area contributed by atoms with Crippen molar-refractivity contribution in [3.05, 3.63) is 64.4 Å². The Labute approximate surface area is 185 Å². The number of anilines is 1. The van der Waals surface area contributed by atoms with Crippen LogP contribution < -0.4 is 4.90 Å². The monoisotopic (exact) mass is 434 g/mol. The molecule has 1 saturated heterocycles. The number of aromatic nitrogens is 4. The van der Waals surface area contributed by atoms with Crippen LogP contribution in [0.4, 0.5) is 5.95 Å². The zero-order chi connectivity index (χ0) is 21.5. The fourth-order valence-corrected chi connectivity index (χ4v) is 4.38. The molecular formula is C23H23ClN6O. The van der Waals surface area contributed by atoms with Crippen LogP contribution in [0.15, 0.2) is 42.5 Å². The molecule has 8 heteroatoms. The first kappa shape index (κ1) is 19.8. The van der Waals surface area contributed by atoms with Gasteiger partial charge in [0.1, 0.15) is 5.82 Å². The molecule has 31 heavy (non-hydrogen) atoms. The van der Waals surface area contributed by atoms with Crippen molar-refractivity contribution in [3.63, 3.8) is 0 Å². The molecular weight excluding hydrogens is 412 g/mol. The summed E-state index contributed by atoms with van der Waals surface area (Å²) in [5.41, 5.74) is 3.39. The summed E-state index contributed by atoms with van der Waals surface area (Å²) in [7, 11) is 0. The summed E-state index contributed by atoms with van der Waals surface area (Å²) < 4.78 is 1.99. The lowest BCUT2D eigenvalue weighted by Crippen LogP contribution is -2.36. The molecule has 1 amide bonds. The third-order valence-electron chi connectivity index (χ3n) is 5.78. The number of carbonyl (C=O) groups is 1. The molecule has 3 heterocycles. The molecule has 2 aromatic carbocycles. The predicted octanol–water partition coefficient (Wildman–Crippen LogP) is 3.90. The fourth-order valence-electron chi connectivity index (χ4n) is 4.21. The number of benzene rings is 2. The van der Waals surface area contributed by atoms with Crippen LogP contribution in [0.25, 0.3) is 16.6 Å². The molecule has 4 aromatic rings. The van der Waals surface area contributed by atoms with E-state index in [1.807, 2.05) is 65.6 Å². The van der Waals surface area contributed by atoms with Crippen LogP contribution in [0.1, 0.15) is 28.2 Å². The van der Waals surface area contributed by atoms with E-state index in [0.717, 1.165) is 52.4 Å². The van der Waals surface area contributed by atoms with Crippen LogP contribution in [-0.2, 0) is 0 Å². The average molecular weight is 435 g/mol. The van der Waals surface area contributed by atoms with E-state index < -0.39 is 0 Å². The first-order valence-electron chi connectivity index (χ1n) is 10.4. The largest absolute Gasteiger partial charge is 0.340 e. The molecule has 0 atom stereocenters. The highest BCUT2D eigenvalue weighted by Crippen LogP contribution is 2.27. The Hall–Kier alpha value is -3.19. The summed E-state index contributed by atoms with van der Waals surface area (Å²) in [5.74, 6) is 1.65. The summed E-state index contributed by atoms with van der Waals surface area (Å²) >= 11 is 6.22. The first-order chi connectivity index (χ1) is 15.0. The lowest BCUT2D eigenvalue weighted by Gasteiger charge is -2.24. The van der Waals surface area contributed by atoms with Crippen molar-refractivity contribution in [2.24, 2.45) is 0 Å². The number of carbonyl (C=O) groups excluding carboxylic acids is 1. The Morgan fingerprint density at radius 1 is 1.00 bits per heavy atom. The van der Waals surface area contributed by atoms with Crippen molar-refractivity contribution < 1.29 is 4.79 Å². The van der Waals surface area contributed by atoms with Gasteiger partial charge >= 0.3 is 0 Å². The molecule has 0 N–H and O–H groups in total. The molecule has 1 aliphatic rings. The van der Waals surface area contributed by atoms with Gasteiger partial charge in [-0.1, -0.05) is 29.3 Å². The highest BCUT2D eigenvalue weighted by Gasteiger charge is 2.24. The summed E-state index contributed by atoms with van der Waals surface area (Å²) in [6.45, 7) is 6.76. The third-order valence-corrected chi connectivity index (χ3v) is 6.01. The van der Waals surface area contributed by atoms with E-state index >= 15 is 0 Å². The number of fused-ring (bicyclic) bond motifs is 3. The van der Waals surface area contributed by atoms with E-state index in [0.29, 0.717) is 24.7 Å². The molecule has 5 rings (SSSR count). The van der Waals surface area contributed by atoms with Gasteiger partial charge in [-0.05, 0) is 50.6 Å². The van der Waals surface area contributed by atoms with Gasteiger partial charge < -0.3 is 9.80 Å². The van der Waals surface area contributed by atoms with Gasteiger partial charge in [-0.3, -0.25) is 4.79 Å². The summed E-state index contributed by atoms with van der Waals surface area (Å²) in [4.78, 5) is 22.1. The summed E-state index contributed by atoms with van der Waals surface area (Å²) in [6.07, 6.45) is 0.857. The molecule has 0 bridgehead atoms. The Morgan fingerprint density at radius 2 is 1.87 bits per heavy atom. The maximum absolute atomic E-state index is 13.0. The number of hydrogen-bond donors (Lipinski definition) is 0. The van der Waals surface area contributed by atoms with Gasteiger partial charge in [0, 0.05) is 42.2 Å². The topological polar surface area (TPSA) is 66.6 Å². The van der Waals surface area contributed by atoms with Crippen molar-refractivity contribution in [3.8, 4) is 0 Å². The first-order valence-corrected chi connectivity index (χ1v) is 10.8. The molecule has 1 fully saturated rings. The quantitative estimate of drug-likeness (QED) is 0.478. The van der Waals surface area contributed by atoms with Gasteiger partial charge in [0.25, 0.3) is 5.91 Å². The van der Waals surface area contributed by atoms with Gasteiger partial charge in [-0.15, -0.1) is 10.2 Å². The minimum atomic E-state index is 0.0782. The molecule has 0 spiro atoms. The fraction of sp³-hybridized carbons (Fsp3) is 0.304. The van der Waals surface area contributed by atoms with Crippen molar-refractivity contribution in [2.75, 3.05) is 31.1 Å². The highest BCUT2D eigenvalue weighted by molar-refractivity contribution is 6.31. The van der Waals surface area contributed by atoms with Gasteiger partial charge in [-0.2, -0.15) is 0 Å². The number of nitrogens with zero attached hydrogens (tertiary/aromatic N) is 6.